The van der Waals surface area contributed by atoms with Gasteiger partial charge in [0.25, 0.3) is 11.8 Å². The van der Waals surface area contributed by atoms with Crippen molar-refractivity contribution in [1.29, 1.82) is 0 Å². The molecule has 0 bridgehead atoms. The molecule has 4 rings (SSSR count). The van der Waals surface area contributed by atoms with Gasteiger partial charge in [-0.25, -0.2) is 4.90 Å². The number of imide groups is 1. The Morgan fingerprint density at radius 1 is 0.852 bits per heavy atom. The van der Waals surface area contributed by atoms with E-state index in [1.165, 1.54) is 0 Å². The van der Waals surface area contributed by atoms with Gasteiger partial charge in [0.1, 0.15) is 10.7 Å². The molecule has 2 amide bonds. The molecule has 3 aromatic rings. The summed E-state index contributed by atoms with van der Waals surface area (Å²) in [5.41, 5.74) is 1.93. The maximum Gasteiger partial charge on any atom is 0.283 e. The van der Waals surface area contributed by atoms with E-state index in [0.29, 0.717) is 16.4 Å². The van der Waals surface area contributed by atoms with E-state index in [4.69, 9.17) is 23.2 Å². The summed E-state index contributed by atoms with van der Waals surface area (Å²) in [6.07, 6.45) is 0. The molecule has 0 atom stereocenters. The fourth-order valence-electron chi connectivity index (χ4n) is 3.11. The minimum Gasteiger partial charge on any atom is -0.349 e. The number of carbonyl (C=O) groups is 2. The molecule has 1 heterocycles. The van der Waals surface area contributed by atoms with Crippen molar-refractivity contribution in [3.8, 4) is 0 Å². The Labute approximate surface area is 166 Å². The van der Waals surface area contributed by atoms with Gasteiger partial charge >= 0.3 is 0 Å². The minimum absolute atomic E-state index is 0.0416. The summed E-state index contributed by atoms with van der Waals surface area (Å²) in [6.45, 7) is 1.82. The van der Waals surface area contributed by atoms with E-state index < -0.39 is 11.8 Å². The van der Waals surface area contributed by atoms with Crippen LogP contribution in [0, 0.1) is 6.92 Å². The fraction of sp³-hybridized carbons (Fsp3) is 0.0476. The Hall–Kier alpha value is -2.82. The van der Waals surface area contributed by atoms with Gasteiger partial charge in [0.2, 0.25) is 0 Å². The number of hydrogen-bond acceptors (Lipinski definition) is 3. The van der Waals surface area contributed by atoms with Crippen LogP contribution in [0.2, 0.25) is 5.02 Å². The van der Waals surface area contributed by atoms with Crippen LogP contribution in [0.5, 0.6) is 0 Å². The van der Waals surface area contributed by atoms with Gasteiger partial charge < -0.3 is 5.32 Å². The standard InChI is InChI=1S/C21H14Cl2N2O2/c1-12-15(22)9-5-10-16(12)24-19-18(23)20(26)25(21(19)27)17-11-4-7-13-6-2-3-8-14(13)17/h2-11,24H,1H3. The van der Waals surface area contributed by atoms with Crippen LogP contribution < -0.4 is 10.2 Å². The zero-order valence-corrected chi connectivity index (χ0v) is 15.8. The van der Waals surface area contributed by atoms with Crippen molar-refractivity contribution < 1.29 is 9.59 Å². The van der Waals surface area contributed by atoms with Gasteiger partial charge in [-0.2, -0.15) is 0 Å². The van der Waals surface area contributed by atoms with Gasteiger partial charge in [0, 0.05) is 16.1 Å². The third-order valence-electron chi connectivity index (χ3n) is 4.56. The average Bonchev–Trinajstić information content (AvgIpc) is 2.88. The van der Waals surface area contributed by atoms with Crippen LogP contribution in [0.3, 0.4) is 0 Å². The van der Waals surface area contributed by atoms with Crippen molar-refractivity contribution in [3.63, 3.8) is 0 Å². The molecule has 0 aliphatic carbocycles. The molecule has 1 N–H and O–H groups in total. The molecule has 27 heavy (non-hydrogen) atoms. The quantitative estimate of drug-likeness (QED) is 0.616. The number of fused-ring (bicyclic) bond motifs is 1. The highest BCUT2D eigenvalue weighted by molar-refractivity contribution is 6.53. The number of nitrogens with one attached hydrogen (secondary N) is 1. The van der Waals surface area contributed by atoms with Crippen LogP contribution >= 0.6 is 23.2 Å². The summed E-state index contributed by atoms with van der Waals surface area (Å²) >= 11 is 12.4. The maximum absolute atomic E-state index is 13.0. The fourth-order valence-corrected chi connectivity index (χ4v) is 3.50. The predicted octanol–water partition coefficient (Wildman–Crippen LogP) is 5.24. The molecular formula is C21H14Cl2N2O2. The minimum atomic E-state index is -0.555. The average molecular weight is 397 g/mol. The van der Waals surface area contributed by atoms with Gasteiger partial charge in [0.15, 0.2) is 0 Å². The molecule has 0 saturated carbocycles. The topological polar surface area (TPSA) is 49.4 Å². The summed E-state index contributed by atoms with van der Waals surface area (Å²) in [6, 6.07) is 18.3. The Kier molecular flexibility index (Phi) is 4.38. The normalized spacial score (nSPS) is 14.4. The maximum atomic E-state index is 13.0. The Morgan fingerprint density at radius 3 is 2.37 bits per heavy atom. The van der Waals surface area contributed by atoms with Gasteiger partial charge in [-0.1, -0.05) is 65.7 Å². The van der Waals surface area contributed by atoms with Crippen molar-refractivity contribution >= 4 is 57.2 Å². The van der Waals surface area contributed by atoms with Gasteiger partial charge in [-0.05, 0) is 36.1 Å². The first-order valence-electron chi connectivity index (χ1n) is 8.27. The van der Waals surface area contributed by atoms with Crippen molar-refractivity contribution in [2.24, 2.45) is 0 Å². The van der Waals surface area contributed by atoms with E-state index in [1.54, 1.807) is 30.3 Å². The van der Waals surface area contributed by atoms with E-state index in [1.807, 2.05) is 37.3 Å². The number of hydrogen-bond donors (Lipinski definition) is 1. The SMILES string of the molecule is Cc1c(Cl)cccc1NC1=C(Cl)C(=O)N(c2cccc3ccccc23)C1=O. The second-order valence-corrected chi connectivity index (χ2v) is 6.96. The van der Waals surface area contributed by atoms with Gasteiger partial charge in [-0.15, -0.1) is 0 Å². The van der Waals surface area contributed by atoms with E-state index >= 15 is 0 Å². The number of benzene rings is 3. The highest BCUT2D eigenvalue weighted by Gasteiger charge is 2.39. The van der Waals surface area contributed by atoms with Crippen molar-refractivity contribution in [2.75, 3.05) is 10.2 Å². The van der Waals surface area contributed by atoms with E-state index in [0.717, 1.165) is 21.2 Å². The van der Waals surface area contributed by atoms with Crippen LogP contribution in [-0.2, 0) is 9.59 Å². The molecule has 0 saturated heterocycles. The monoisotopic (exact) mass is 396 g/mol. The first-order valence-corrected chi connectivity index (χ1v) is 9.03. The number of anilines is 2. The molecule has 1 aliphatic rings. The molecule has 0 spiro atoms. The van der Waals surface area contributed by atoms with Crippen LogP contribution in [-0.4, -0.2) is 11.8 Å². The predicted molar refractivity (Wildman–Crippen MR) is 109 cm³/mol. The summed E-state index contributed by atoms with van der Waals surface area (Å²) in [5, 5.41) is 5.11. The molecular weight excluding hydrogens is 383 g/mol. The number of halogens is 2. The van der Waals surface area contributed by atoms with Gasteiger partial charge in [0.05, 0.1) is 5.69 Å². The number of nitrogens with zero attached hydrogens (tertiary/aromatic N) is 1. The number of amides is 2. The van der Waals surface area contributed by atoms with Crippen LogP contribution in [0.15, 0.2) is 71.4 Å². The molecule has 1 aliphatic heterocycles. The third-order valence-corrected chi connectivity index (χ3v) is 5.32. The molecule has 3 aromatic carbocycles. The highest BCUT2D eigenvalue weighted by Crippen LogP contribution is 2.35. The molecule has 0 fully saturated rings. The lowest BCUT2D eigenvalue weighted by atomic mass is 10.1. The second-order valence-electron chi connectivity index (χ2n) is 6.17. The lowest BCUT2D eigenvalue weighted by Gasteiger charge is -2.17. The number of rotatable bonds is 3. The molecule has 0 unspecified atom stereocenters. The molecule has 0 radical (unpaired) electrons. The van der Waals surface area contributed by atoms with E-state index in [2.05, 4.69) is 5.32 Å². The molecule has 6 heteroatoms. The summed E-state index contributed by atoms with van der Waals surface area (Å²) in [4.78, 5) is 26.9. The first-order chi connectivity index (χ1) is 13.0. The first kappa shape index (κ1) is 17.6. The second kappa shape index (κ2) is 6.72. The summed E-state index contributed by atoms with van der Waals surface area (Å²) in [7, 11) is 0. The van der Waals surface area contributed by atoms with Crippen molar-refractivity contribution in [2.45, 2.75) is 6.92 Å². The Balaban J connectivity index is 1.76. The molecule has 0 aromatic heterocycles. The van der Waals surface area contributed by atoms with Crippen LogP contribution in [0.25, 0.3) is 10.8 Å². The van der Waals surface area contributed by atoms with Gasteiger partial charge in [-0.3, -0.25) is 9.59 Å². The van der Waals surface area contributed by atoms with E-state index in [-0.39, 0.29) is 10.7 Å². The zero-order chi connectivity index (χ0) is 19.1. The smallest absolute Gasteiger partial charge is 0.283 e. The lowest BCUT2D eigenvalue weighted by Crippen LogP contribution is -2.32. The third kappa shape index (κ3) is 2.87. The molecule has 134 valence electrons. The Morgan fingerprint density at radius 2 is 1.56 bits per heavy atom. The highest BCUT2D eigenvalue weighted by atomic mass is 35.5. The van der Waals surface area contributed by atoms with E-state index in [9.17, 15) is 9.59 Å². The summed E-state index contributed by atoms with van der Waals surface area (Å²) in [5.74, 6) is -1.05. The van der Waals surface area contributed by atoms with Crippen molar-refractivity contribution in [1.82, 2.24) is 0 Å². The molecule has 4 nitrogen and oxygen atoms in total. The van der Waals surface area contributed by atoms with Crippen LogP contribution in [0.1, 0.15) is 5.56 Å². The van der Waals surface area contributed by atoms with Crippen molar-refractivity contribution in [3.05, 3.63) is 82.0 Å². The number of carbonyl (C=O) groups excluding carboxylic acids is 2. The largest absolute Gasteiger partial charge is 0.349 e. The van der Waals surface area contributed by atoms with Crippen LogP contribution in [0.4, 0.5) is 11.4 Å². The lowest BCUT2D eigenvalue weighted by molar-refractivity contribution is -0.120. The Bertz CT molecular complexity index is 1130. The zero-order valence-electron chi connectivity index (χ0n) is 14.3. The summed E-state index contributed by atoms with van der Waals surface area (Å²) < 4.78 is 0.